The maximum Gasteiger partial charge on any atom is 0.263 e. The van der Waals surface area contributed by atoms with Crippen molar-refractivity contribution in [3.8, 4) is 17.2 Å². The molecule has 1 N–H and O–H groups in total. The molecule has 8 nitrogen and oxygen atoms in total. The van der Waals surface area contributed by atoms with Gasteiger partial charge in [-0.05, 0) is 49.7 Å². The van der Waals surface area contributed by atoms with Crippen LogP contribution in [0.4, 0.5) is 5.82 Å². The van der Waals surface area contributed by atoms with E-state index in [1.807, 2.05) is 44.2 Å². The maximum absolute atomic E-state index is 12.6. The van der Waals surface area contributed by atoms with Gasteiger partial charge >= 0.3 is 0 Å². The SMILES string of the molecule is CCCn1ccc(NS(=O)(=O)c2ccc(OCc3nc(-c4ccccc4)oc3C)cc2)n1. The van der Waals surface area contributed by atoms with Crippen molar-refractivity contribution in [2.45, 2.75) is 38.3 Å². The largest absolute Gasteiger partial charge is 0.487 e. The van der Waals surface area contributed by atoms with Gasteiger partial charge in [0, 0.05) is 24.4 Å². The molecule has 0 aliphatic carbocycles. The highest BCUT2D eigenvalue weighted by atomic mass is 32.2. The summed E-state index contributed by atoms with van der Waals surface area (Å²) in [7, 11) is -3.74. The second-order valence-corrected chi connectivity index (χ2v) is 8.90. The van der Waals surface area contributed by atoms with E-state index in [1.165, 1.54) is 12.1 Å². The summed E-state index contributed by atoms with van der Waals surface area (Å²) in [5.74, 6) is 2.03. The Balaban J connectivity index is 1.40. The number of anilines is 1. The standard InChI is InChI=1S/C23H24N4O4S/c1-3-14-27-15-13-22(25-27)26-32(28,29)20-11-9-19(10-12-20)30-16-21-17(2)31-23(24-21)18-7-5-4-6-8-18/h4-13,15H,3,14,16H2,1-2H3,(H,25,26). The van der Waals surface area contributed by atoms with Gasteiger partial charge in [-0.3, -0.25) is 9.40 Å². The number of aromatic nitrogens is 3. The van der Waals surface area contributed by atoms with Gasteiger partial charge in [-0.25, -0.2) is 13.4 Å². The second kappa shape index (κ2) is 9.27. The van der Waals surface area contributed by atoms with Crippen LogP contribution < -0.4 is 9.46 Å². The molecule has 9 heteroatoms. The number of nitrogens with one attached hydrogen (secondary N) is 1. The zero-order valence-electron chi connectivity index (χ0n) is 17.9. The van der Waals surface area contributed by atoms with Crippen LogP contribution in [-0.4, -0.2) is 23.2 Å². The summed E-state index contributed by atoms with van der Waals surface area (Å²) in [6.07, 6.45) is 2.66. The summed E-state index contributed by atoms with van der Waals surface area (Å²) >= 11 is 0. The van der Waals surface area contributed by atoms with Crippen LogP contribution in [0.3, 0.4) is 0 Å². The topological polar surface area (TPSA) is 99.2 Å². The molecular formula is C23H24N4O4S. The average Bonchev–Trinajstić information content (AvgIpc) is 3.39. The Morgan fingerprint density at radius 2 is 1.81 bits per heavy atom. The van der Waals surface area contributed by atoms with Crippen molar-refractivity contribution < 1.29 is 17.6 Å². The average molecular weight is 453 g/mol. The minimum Gasteiger partial charge on any atom is -0.487 e. The van der Waals surface area contributed by atoms with Crippen molar-refractivity contribution in [3.05, 3.63) is 78.3 Å². The molecule has 0 aliphatic heterocycles. The lowest BCUT2D eigenvalue weighted by Crippen LogP contribution is -2.13. The zero-order valence-corrected chi connectivity index (χ0v) is 18.7. The fraction of sp³-hybridized carbons (Fsp3) is 0.217. The summed E-state index contributed by atoms with van der Waals surface area (Å²) in [5, 5.41) is 4.21. The van der Waals surface area contributed by atoms with Gasteiger partial charge in [-0.2, -0.15) is 5.10 Å². The normalized spacial score (nSPS) is 11.4. The molecule has 0 unspecified atom stereocenters. The second-order valence-electron chi connectivity index (χ2n) is 7.22. The van der Waals surface area contributed by atoms with Gasteiger partial charge in [-0.1, -0.05) is 25.1 Å². The molecule has 0 bridgehead atoms. The molecule has 0 saturated heterocycles. The van der Waals surface area contributed by atoms with Crippen LogP contribution in [-0.2, 0) is 23.2 Å². The van der Waals surface area contributed by atoms with E-state index in [9.17, 15) is 8.42 Å². The smallest absolute Gasteiger partial charge is 0.263 e. The maximum atomic E-state index is 12.6. The number of rotatable bonds is 9. The lowest BCUT2D eigenvalue weighted by Gasteiger charge is -2.08. The summed E-state index contributed by atoms with van der Waals surface area (Å²) < 4.78 is 41.0. The first-order valence-electron chi connectivity index (χ1n) is 10.3. The molecule has 4 rings (SSSR count). The van der Waals surface area contributed by atoms with Gasteiger partial charge in [-0.15, -0.1) is 0 Å². The number of benzene rings is 2. The summed E-state index contributed by atoms with van der Waals surface area (Å²) in [6.45, 7) is 4.80. The Hall–Kier alpha value is -3.59. The molecule has 0 amide bonds. The van der Waals surface area contributed by atoms with Gasteiger partial charge in [0.05, 0.1) is 4.90 Å². The predicted molar refractivity (Wildman–Crippen MR) is 121 cm³/mol. The number of aryl methyl sites for hydroxylation is 2. The molecule has 0 aliphatic rings. The van der Waals surface area contributed by atoms with Crippen LogP contribution in [0, 0.1) is 6.92 Å². The molecule has 0 fully saturated rings. The number of hydrogen-bond acceptors (Lipinski definition) is 6. The van der Waals surface area contributed by atoms with Crippen molar-refractivity contribution in [1.29, 1.82) is 0 Å². The molecule has 0 atom stereocenters. The molecule has 0 radical (unpaired) electrons. The van der Waals surface area contributed by atoms with Crippen LogP contribution >= 0.6 is 0 Å². The lowest BCUT2D eigenvalue weighted by molar-refractivity contribution is 0.299. The van der Waals surface area contributed by atoms with E-state index in [-0.39, 0.29) is 17.3 Å². The number of nitrogens with zero attached hydrogens (tertiary/aromatic N) is 3. The number of ether oxygens (including phenoxy) is 1. The molecule has 2 aromatic carbocycles. The molecule has 32 heavy (non-hydrogen) atoms. The molecular weight excluding hydrogens is 428 g/mol. The fourth-order valence-electron chi connectivity index (χ4n) is 3.10. The van der Waals surface area contributed by atoms with E-state index in [2.05, 4.69) is 14.8 Å². The van der Waals surface area contributed by atoms with E-state index in [0.29, 0.717) is 23.1 Å². The van der Waals surface area contributed by atoms with Crippen LogP contribution in [0.25, 0.3) is 11.5 Å². The zero-order chi connectivity index (χ0) is 22.6. The molecule has 0 spiro atoms. The first-order valence-corrected chi connectivity index (χ1v) is 11.7. The Morgan fingerprint density at radius 1 is 1.06 bits per heavy atom. The third-order valence-electron chi connectivity index (χ3n) is 4.76. The summed E-state index contributed by atoms with van der Waals surface area (Å²) in [5.41, 5.74) is 1.58. The molecule has 2 heterocycles. The Kier molecular flexibility index (Phi) is 6.27. The van der Waals surface area contributed by atoms with E-state index >= 15 is 0 Å². The lowest BCUT2D eigenvalue weighted by atomic mass is 10.2. The first kappa shape index (κ1) is 21.6. The quantitative estimate of drug-likeness (QED) is 0.397. The summed E-state index contributed by atoms with van der Waals surface area (Å²) in [6, 6.07) is 17.5. The van der Waals surface area contributed by atoms with Gasteiger partial charge in [0.15, 0.2) is 5.82 Å². The predicted octanol–water partition coefficient (Wildman–Crippen LogP) is 4.64. The van der Waals surface area contributed by atoms with E-state index in [1.54, 1.807) is 29.1 Å². The van der Waals surface area contributed by atoms with Crippen molar-refractivity contribution in [2.75, 3.05) is 4.72 Å². The van der Waals surface area contributed by atoms with Crippen LogP contribution in [0.1, 0.15) is 24.8 Å². The Morgan fingerprint density at radius 3 is 2.53 bits per heavy atom. The molecule has 166 valence electrons. The number of hydrogen-bond donors (Lipinski definition) is 1. The van der Waals surface area contributed by atoms with Crippen LogP contribution in [0.5, 0.6) is 5.75 Å². The minimum absolute atomic E-state index is 0.124. The monoisotopic (exact) mass is 452 g/mol. The molecule has 0 saturated carbocycles. The van der Waals surface area contributed by atoms with Crippen molar-refractivity contribution in [2.24, 2.45) is 0 Å². The number of sulfonamides is 1. The van der Waals surface area contributed by atoms with Gasteiger partial charge in [0.25, 0.3) is 10.0 Å². The van der Waals surface area contributed by atoms with Gasteiger partial charge in [0.2, 0.25) is 5.89 Å². The third-order valence-corrected chi connectivity index (χ3v) is 6.13. The Labute approximate surface area is 186 Å². The minimum atomic E-state index is -3.74. The van der Waals surface area contributed by atoms with Crippen LogP contribution in [0.15, 0.2) is 76.2 Å². The van der Waals surface area contributed by atoms with E-state index < -0.39 is 10.0 Å². The van der Waals surface area contributed by atoms with E-state index in [4.69, 9.17) is 9.15 Å². The first-order chi connectivity index (χ1) is 15.4. The fourth-order valence-corrected chi connectivity index (χ4v) is 4.10. The van der Waals surface area contributed by atoms with E-state index in [0.717, 1.165) is 18.5 Å². The van der Waals surface area contributed by atoms with Crippen LogP contribution in [0.2, 0.25) is 0 Å². The van der Waals surface area contributed by atoms with Crippen molar-refractivity contribution in [1.82, 2.24) is 14.8 Å². The highest BCUT2D eigenvalue weighted by Crippen LogP contribution is 2.23. The Bertz CT molecular complexity index is 1280. The molecule has 4 aromatic rings. The highest BCUT2D eigenvalue weighted by Gasteiger charge is 2.16. The number of oxazole rings is 1. The molecule has 2 aromatic heterocycles. The van der Waals surface area contributed by atoms with Gasteiger partial charge < -0.3 is 9.15 Å². The summed E-state index contributed by atoms with van der Waals surface area (Å²) in [4.78, 5) is 4.63. The highest BCUT2D eigenvalue weighted by molar-refractivity contribution is 7.92. The van der Waals surface area contributed by atoms with Crippen molar-refractivity contribution >= 4 is 15.8 Å². The van der Waals surface area contributed by atoms with Gasteiger partial charge in [0.1, 0.15) is 23.8 Å². The van der Waals surface area contributed by atoms with Crippen molar-refractivity contribution in [3.63, 3.8) is 0 Å². The third kappa shape index (κ3) is 5.00.